The third-order valence-corrected chi connectivity index (χ3v) is 3.90. The summed E-state index contributed by atoms with van der Waals surface area (Å²) >= 11 is 6.93. The van der Waals surface area contributed by atoms with E-state index in [0.29, 0.717) is 11.5 Å². The van der Waals surface area contributed by atoms with Crippen molar-refractivity contribution in [3.63, 3.8) is 0 Å². The molecule has 0 bridgehead atoms. The highest BCUT2D eigenvalue weighted by atomic mass is 32.2. The van der Waals surface area contributed by atoms with E-state index < -0.39 is 0 Å². The van der Waals surface area contributed by atoms with E-state index in [1.165, 1.54) is 0 Å². The van der Waals surface area contributed by atoms with Crippen LogP contribution >= 0.6 is 24.0 Å². The lowest BCUT2D eigenvalue weighted by Crippen LogP contribution is -2.15. The van der Waals surface area contributed by atoms with E-state index in [4.69, 9.17) is 18.0 Å². The number of thiocarbonyl (C=S) groups is 1. The number of hydrogen-bond acceptors (Lipinski definition) is 4. The predicted molar refractivity (Wildman–Crippen MR) is 90.3 cm³/mol. The monoisotopic (exact) mass is 303 g/mol. The Morgan fingerprint density at radius 3 is 2.80 bits per heavy atom. The van der Waals surface area contributed by atoms with Crippen LogP contribution in [0.25, 0.3) is 0 Å². The highest BCUT2D eigenvalue weighted by molar-refractivity contribution is 7.99. The predicted octanol–water partition coefficient (Wildman–Crippen LogP) is 3.44. The Morgan fingerprint density at radius 1 is 1.30 bits per heavy atom. The number of hydrogen-bond donors (Lipinski definition) is 2. The van der Waals surface area contributed by atoms with Crippen molar-refractivity contribution in [2.24, 2.45) is 5.73 Å². The van der Waals surface area contributed by atoms with Gasteiger partial charge in [0.15, 0.2) is 0 Å². The second kappa shape index (κ2) is 7.26. The summed E-state index contributed by atoms with van der Waals surface area (Å²) in [5.74, 6) is 0.985. The highest BCUT2D eigenvalue weighted by Gasteiger charge is 2.11. The van der Waals surface area contributed by atoms with Crippen molar-refractivity contribution in [1.29, 1.82) is 0 Å². The average molecular weight is 303 g/mol. The zero-order chi connectivity index (χ0) is 14.4. The number of anilines is 1. The number of aromatic nitrogens is 1. The molecule has 1 aromatic carbocycles. The average Bonchev–Trinajstić information content (AvgIpc) is 2.46. The molecule has 3 N–H and O–H groups in total. The van der Waals surface area contributed by atoms with Crippen LogP contribution in [0.3, 0.4) is 0 Å². The third kappa shape index (κ3) is 3.71. The SMILES string of the molecule is CCSc1cccc(NCc2ccccn2)c1C(N)=S. The van der Waals surface area contributed by atoms with E-state index in [0.717, 1.165) is 27.6 Å². The molecule has 2 rings (SSSR count). The normalized spacial score (nSPS) is 10.2. The number of thioether (sulfide) groups is 1. The lowest BCUT2D eigenvalue weighted by atomic mass is 10.1. The molecule has 5 heteroatoms. The van der Waals surface area contributed by atoms with E-state index in [9.17, 15) is 0 Å². The van der Waals surface area contributed by atoms with Crippen LogP contribution in [0.5, 0.6) is 0 Å². The maximum atomic E-state index is 5.88. The van der Waals surface area contributed by atoms with Gasteiger partial charge in [-0.15, -0.1) is 11.8 Å². The van der Waals surface area contributed by atoms with Gasteiger partial charge in [0, 0.05) is 22.3 Å². The summed E-state index contributed by atoms with van der Waals surface area (Å²) in [6.45, 7) is 2.76. The maximum absolute atomic E-state index is 5.88. The van der Waals surface area contributed by atoms with Gasteiger partial charge in [0.25, 0.3) is 0 Å². The summed E-state index contributed by atoms with van der Waals surface area (Å²) in [5.41, 5.74) is 8.74. The van der Waals surface area contributed by atoms with Gasteiger partial charge >= 0.3 is 0 Å². The van der Waals surface area contributed by atoms with Crippen molar-refractivity contribution >= 4 is 34.7 Å². The second-order valence-corrected chi connectivity index (χ2v) is 5.90. The smallest absolute Gasteiger partial charge is 0.107 e. The van der Waals surface area contributed by atoms with Crippen LogP contribution in [0.1, 0.15) is 18.2 Å². The van der Waals surface area contributed by atoms with Crippen molar-refractivity contribution in [2.75, 3.05) is 11.1 Å². The van der Waals surface area contributed by atoms with Crippen LogP contribution < -0.4 is 11.1 Å². The first-order valence-corrected chi connectivity index (χ1v) is 7.81. The summed E-state index contributed by atoms with van der Waals surface area (Å²) in [6, 6.07) is 11.9. The Hall–Kier alpha value is -1.59. The molecule has 1 heterocycles. The Kier molecular flexibility index (Phi) is 5.38. The first-order valence-electron chi connectivity index (χ1n) is 6.41. The van der Waals surface area contributed by atoms with Crippen molar-refractivity contribution in [3.05, 3.63) is 53.9 Å². The number of pyridine rings is 1. The summed E-state index contributed by atoms with van der Waals surface area (Å²) < 4.78 is 0. The molecule has 104 valence electrons. The molecule has 0 radical (unpaired) electrons. The van der Waals surface area contributed by atoms with Crippen LogP contribution in [0.4, 0.5) is 5.69 Å². The summed E-state index contributed by atoms with van der Waals surface area (Å²) in [5, 5.41) is 3.37. The van der Waals surface area contributed by atoms with Crippen LogP contribution in [0.2, 0.25) is 0 Å². The lowest BCUT2D eigenvalue weighted by Gasteiger charge is -2.14. The molecule has 1 aromatic heterocycles. The molecule has 0 amide bonds. The van der Waals surface area contributed by atoms with E-state index in [1.54, 1.807) is 18.0 Å². The first-order chi connectivity index (χ1) is 9.72. The molecular weight excluding hydrogens is 286 g/mol. The molecule has 0 spiro atoms. The number of rotatable bonds is 6. The molecule has 0 unspecified atom stereocenters. The Morgan fingerprint density at radius 2 is 2.15 bits per heavy atom. The van der Waals surface area contributed by atoms with Crippen molar-refractivity contribution in [1.82, 2.24) is 4.98 Å². The third-order valence-electron chi connectivity index (χ3n) is 2.76. The van der Waals surface area contributed by atoms with Gasteiger partial charge in [0.1, 0.15) is 4.99 Å². The molecule has 0 atom stereocenters. The molecule has 0 saturated carbocycles. The second-order valence-electron chi connectivity index (χ2n) is 4.15. The fourth-order valence-electron chi connectivity index (χ4n) is 1.90. The fraction of sp³-hybridized carbons (Fsp3) is 0.200. The van der Waals surface area contributed by atoms with Crippen molar-refractivity contribution < 1.29 is 0 Å². The van der Waals surface area contributed by atoms with Gasteiger partial charge in [-0.05, 0) is 30.0 Å². The van der Waals surface area contributed by atoms with Crippen LogP contribution in [0.15, 0.2) is 47.5 Å². The van der Waals surface area contributed by atoms with E-state index in [2.05, 4.69) is 23.3 Å². The molecule has 0 aliphatic rings. The summed E-state index contributed by atoms with van der Waals surface area (Å²) in [6.07, 6.45) is 1.79. The number of nitrogens with zero attached hydrogens (tertiary/aromatic N) is 1. The molecule has 2 aromatic rings. The van der Waals surface area contributed by atoms with Gasteiger partial charge in [-0.1, -0.05) is 31.3 Å². The molecule has 0 fully saturated rings. The molecule has 20 heavy (non-hydrogen) atoms. The van der Waals surface area contributed by atoms with Gasteiger partial charge in [-0.25, -0.2) is 0 Å². The maximum Gasteiger partial charge on any atom is 0.107 e. The van der Waals surface area contributed by atoms with Gasteiger partial charge in [-0.3, -0.25) is 4.98 Å². The van der Waals surface area contributed by atoms with Gasteiger partial charge in [0.2, 0.25) is 0 Å². The van der Waals surface area contributed by atoms with E-state index >= 15 is 0 Å². The van der Waals surface area contributed by atoms with Crippen molar-refractivity contribution in [2.45, 2.75) is 18.4 Å². The van der Waals surface area contributed by atoms with Crippen LogP contribution in [-0.4, -0.2) is 15.7 Å². The van der Waals surface area contributed by atoms with Crippen molar-refractivity contribution in [3.8, 4) is 0 Å². The minimum atomic E-state index is 0.421. The molecule has 0 saturated heterocycles. The van der Waals surface area contributed by atoms with Gasteiger partial charge < -0.3 is 11.1 Å². The minimum Gasteiger partial charge on any atom is -0.389 e. The van der Waals surface area contributed by atoms with Crippen LogP contribution in [0, 0.1) is 0 Å². The molecular formula is C15H17N3S2. The standard InChI is InChI=1S/C15H17N3S2/c1-2-20-13-8-5-7-12(14(13)15(16)19)18-10-11-6-3-4-9-17-11/h3-9,18H,2,10H2,1H3,(H2,16,19). The van der Waals surface area contributed by atoms with Gasteiger partial charge in [0.05, 0.1) is 12.2 Å². The number of benzene rings is 1. The minimum absolute atomic E-state index is 0.421. The Labute approximate surface area is 129 Å². The molecule has 0 aliphatic heterocycles. The number of nitrogens with one attached hydrogen (secondary N) is 1. The number of nitrogens with two attached hydrogens (primary N) is 1. The van der Waals surface area contributed by atoms with E-state index in [1.807, 2.05) is 30.3 Å². The quantitative estimate of drug-likeness (QED) is 0.632. The zero-order valence-corrected chi connectivity index (χ0v) is 12.9. The largest absolute Gasteiger partial charge is 0.389 e. The highest BCUT2D eigenvalue weighted by Crippen LogP contribution is 2.28. The lowest BCUT2D eigenvalue weighted by molar-refractivity contribution is 1.04. The topological polar surface area (TPSA) is 50.9 Å². The summed E-state index contributed by atoms with van der Waals surface area (Å²) in [4.78, 5) is 5.83. The van der Waals surface area contributed by atoms with Gasteiger partial charge in [-0.2, -0.15) is 0 Å². The Balaban J connectivity index is 2.22. The first kappa shape index (κ1) is 14.8. The summed E-state index contributed by atoms with van der Waals surface area (Å²) in [7, 11) is 0. The van der Waals surface area contributed by atoms with E-state index in [-0.39, 0.29) is 0 Å². The zero-order valence-electron chi connectivity index (χ0n) is 11.3. The van der Waals surface area contributed by atoms with Crippen LogP contribution in [-0.2, 0) is 6.54 Å². The molecule has 3 nitrogen and oxygen atoms in total. The Bertz CT molecular complexity index is 585. The fourth-order valence-corrected chi connectivity index (χ4v) is 3.03. The molecule has 0 aliphatic carbocycles.